The highest BCUT2D eigenvalue weighted by Crippen LogP contribution is 2.39. The lowest BCUT2D eigenvalue weighted by molar-refractivity contribution is 0.405. The molecule has 1 aliphatic rings. The number of nitrogens with one attached hydrogen (secondary N) is 1. The maximum absolute atomic E-state index is 4.93. The highest BCUT2D eigenvalue weighted by atomic mass is 32.2. The zero-order valence-electron chi connectivity index (χ0n) is 16.0. The molecule has 0 bridgehead atoms. The van der Waals surface area contributed by atoms with Gasteiger partial charge in [0.15, 0.2) is 0 Å². The monoisotopic (exact) mass is 398 g/mol. The van der Waals surface area contributed by atoms with E-state index in [1.165, 1.54) is 40.0 Å². The van der Waals surface area contributed by atoms with E-state index in [0.717, 1.165) is 41.7 Å². The molecular weight excluding hydrogens is 372 g/mol. The molecular formula is C21H26N4S2. The first-order valence-electron chi connectivity index (χ1n) is 9.58. The van der Waals surface area contributed by atoms with Gasteiger partial charge in [-0.2, -0.15) is 0 Å². The van der Waals surface area contributed by atoms with E-state index in [4.69, 9.17) is 9.97 Å². The molecule has 2 aromatic heterocycles. The Morgan fingerprint density at radius 1 is 1.15 bits per heavy atom. The van der Waals surface area contributed by atoms with E-state index in [2.05, 4.69) is 54.6 Å². The van der Waals surface area contributed by atoms with E-state index in [1.807, 2.05) is 11.3 Å². The number of hydrogen-bond donors (Lipinski definition) is 1. The average molecular weight is 399 g/mol. The minimum absolute atomic E-state index is 0.800. The van der Waals surface area contributed by atoms with Crippen LogP contribution in [0.25, 0.3) is 10.2 Å². The number of hydrogen-bond acceptors (Lipinski definition) is 6. The number of thiophene rings is 1. The van der Waals surface area contributed by atoms with Gasteiger partial charge >= 0.3 is 0 Å². The van der Waals surface area contributed by atoms with E-state index in [0.29, 0.717) is 0 Å². The summed E-state index contributed by atoms with van der Waals surface area (Å²) in [6.07, 6.45) is 4.75. The van der Waals surface area contributed by atoms with Gasteiger partial charge in [-0.1, -0.05) is 18.2 Å². The maximum atomic E-state index is 4.93. The molecule has 0 radical (unpaired) electrons. The summed E-state index contributed by atoms with van der Waals surface area (Å²) in [7, 11) is 4.24. The van der Waals surface area contributed by atoms with Crippen molar-refractivity contribution in [2.24, 2.45) is 0 Å². The number of fused-ring (bicyclic) bond motifs is 3. The quantitative estimate of drug-likeness (QED) is 0.434. The number of rotatable bonds is 8. The number of aromatic nitrogens is 2. The summed E-state index contributed by atoms with van der Waals surface area (Å²) in [6.45, 7) is 2.03. The highest BCUT2D eigenvalue weighted by Gasteiger charge is 2.22. The van der Waals surface area contributed by atoms with Crippen LogP contribution in [0.5, 0.6) is 0 Å². The fourth-order valence-corrected chi connectivity index (χ4v) is 5.55. The van der Waals surface area contributed by atoms with Crippen molar-refractivity contribution < 1.29 is 0 Å². The zero-order valence-corrected chi connectivity index (χ0v) is 17.6. The van der Waals surface area contributed by atoms with Crippen LogP contribution in [0.2, 0.25) is 0 Å². The lowest BCUT2D eigenvalue weighted by Crippen LogP contribution is -2.17. The van der Waals surface area contributed by atoms with E-state index in [-0.39, 0.29) is 0 Å². The minimum atomic E-state index is 0.800. The summed E-state index contributed by atoms with van der Waals surface area (Å²) in [4.78, 5) is 16.0. The molecule has 0 saturated heterocycles. The van der Waals surface area contributed by atoms with Gasteiger partial charge < -0.3 is 10.2 Å². The predicted molar refractivity (Wildman–Crippen MR) is 117 cm³/mol. The summed E-state index contributed by atoms with van der Waals surface area (Å²) in [5.41, 5.74) is 1.49. The fraction of sp³-hybridized carbons (Fsp3) is 0.429. The van der Waals surface area contributed by atoms with Gasteiger partial charge in [-0.15, -0.1) is 23.1 Å². The van der Waals surface area contributed by atoms with Gasteiger partial charge in [-0.3, -0.25) is 0 Å². The summed E-state index contributed by atoms with van der Waals surface area (Å²) >= 11 is 3.67. The number of nitrogens with zero attached hydrogens (tertiary/aromatic N) is 3. The molecule has 142 valence electrons. The molecule has 0 unspecified atom stereocenters. The molecule has 3 aromatic rings. The number of aryl methyl sites for hydroxylation is 2. The Morgan fingerprint density at radius 3 is 2.81 bits per heavy atom. The van der Waals surface area contributed by atoms with Crippen LogP contribution in [0.1, 0.15) is 29.1 Å². The van der Waals surface area contributed by atoms with Crippen LogP contribution in [-0.4, -0.2) is 42.1 Å². The van der Waals surface area contributed by atoms with Gasteiger partial charge in [0.1, 0.15) is 16.5 Å². The Labute approximate surface area is 169 Å². The summed E-state index contributed by atoms with van der Waals surface area (Å²) in [5.74, 6) is 2.77. The van der Waals surface area contributed by atoms with Crippen molar-refractivity contribution in [1.82, 2.24) is 14.9 Å². The topological polar surface area (TPSA) is 41.0 Å². The molecule has 1 aliphatic carbocycles. The lowest BCUT2D eigenvalue weighted by atomic mass is 10.2. The molecule has 0 amide bonds. The molecule has 6 heteroatoms. The molecule has 0 fully saturated rings. The third kappa shape index (κ3) is 4.45. The van der Waals surface area contributed by atoms with Crippen LogP contribution in [0.4, 0.5) is 5.82 Å². The molecule has 1 aromatic carbocycles. The molecule has 0 saturated carbocycles. The van der Waals surface area contributed by atoms with Crippen LogP contribution < -0.4 is 5.32 Å². The summed E-state index contributed by atoms with van der Waals surface area (Å²) in [6, 6.07) is 10.5. The van der Waals surface area contributed by atoms with Crippen molar-refractivity contribution in [3.8, 4) is 0 Å². The zero-order chi connectivity index (χ0) is 18.6. The lowest BCUT2D eigenvalue weighted by Gasteiger charge is -2.12. The molecule has 2 heterocycles. The van der Waals surface area contributed by atoms with Crippen molar-refractivity contribution in [2.45, 2.75) is 36.3 Å². The number of thioether (sulfide) groups is 1. The normalized spacial score (nSPS) is 13.4. The van der Waals surface area contributed by atoms with Crippen LogP contribution in [0.3, 0.4) is 0 Å². The van der Waals surface area contributed by atoms with Gasteiger partial charge in [0.05, 0.1) is 11.1 Å². The molecule has 1 N–H and O–H groups in total. The Hall–Kier alpha value is -1.63. The number of benzene rings is 1. The SMILES string of the molecule is CN(C)CCCNc1nc(CSc2ccccc2)nc2sc3c(c12)CCC3. The minimum Gasteiger partial charge on any atom is -0.369 e. The van der Waals surface area contributed by atoms with Crippen LogP contribution in [-0.2, 0) is 18.6 Å². The van der Waals surface area contributed by atoms with Crippen molar-refractivity contribution in [2.75, 3.05) is 32.5 Å². The fourth-order valence-electron chi connectivity index (χ4n) is 3.50. The van der Waals surface area contributed by atoms with Gasteiger partial charge in [-0.25, -0.2) is 9.97 Å². The third-order valence-corrected chi connectivity index (χ3v) is 6.99. The second kappa shape index (κ2) is 8.59. The highest BCUT2D eigenvalue weighted by molar-refractivity contribution is 7.98. The Bertz CT molecular complexity index is 905. The number of anilines is 1. The van der Waals surface area contributed by atoms with Gasteiger partial charge in [0, 0.05) is 16.3 Å². The second-order valence-corrected chi connectivity index (χ2v) is 9.34. The average Bonchev–Trinajstić information content (AvgIpc) is 3.25. The van der Waals surface area contributed by atoms with Crippen molar-refractivity contribution in [1.29, 1.82) is 0 Å². The third-order valence-electron chi connectivity index (χ3n) is 4.80. The smallest absolute Gasteiger partial charge is 0.142 e. The molecule has 4 rings (SSSR count). The van der Waals surface area contributed by atoms with Gasteiger partial charge in [0.25, 0.3) is 0 Å². The van der Waals surface area contributed by atoms with Gasteiger partial charge in [-0.05, 0) is 64.0 Å². The van der Waals surface area contributed by atoms with Gasteiger partial charge in [0.2, 0.25) is 0 Å². The molecule has 0 spiro atoms. The second-order valence-electron chi connectivity index (χ2n) is 7.21. The maximum Gasteiger partial charge on any atom is 0.142 e. The largest absolute Gasteiger partial charge is 0.369 e. The van der Waals surface area contributed by atoms with E-state index >= 15 is 0 Å². The molecule has 0 aliphatic heterocycles. The summed E-state index contributed by atoms with van der Waals surface area (Å²) in [5, 5.41) is 4.90. The van der Waals surface area contributed by atoms with E-state index < -0.39 is 0 Å². The van der Waals surface area contributed by atoms with E-state index in [9.17, 15) is 0 Å². The standard InChI is InChI=1S/C21H26N4S2/c1-25(2)13-7-12-22-20-19-16-10-6-11-17(16)27-21(19)24-18(23-20)14-26-15-8-4-3-5-9-15/h3-5,8-9H,6-7,10-14H2,1-2H3,(H,22,23,24). The van der Waals surface area contributed by atoms with Crippen molar-refractivity contribution in [3.63, 3.8) is 0 Å². The summed E-state index contributed by atoms with van der Waals surface area (Å²) < 4.78 is 0. The Balaban J connectivity index is 1.57. The molecule has 4 nitrogen and oxygen atoms in total. The first-order valence-corrected chi connectivity index (χ1v) is 11.4. The van der Waals surface area contributed by atoms with Crippen LogP contribution >= 0.6 is 23.1 Å². The van der Waals surface area contributed by atoms with Crippen LogP contribution in [0, 0.1) is 0 Å². The van der Waals surface area contributed by atoms with Crippen molar-refractivity contribution >= 4 is 39.1 Å². The Morgan fingerprint density at radius 2 is 2.00 bits per heavy atom. The first kappa shape index (κ1) is 18.7. The Kier molecular flexibility index (Phi) is 5.95. The van der Waals surface area contributed by atoms with Crippen molar-refractivity contribution in [3.05, 3.63) is 46.6 Å². The molecule has 27 heavy (non-hydrogen) atoms. The molecule has 0 atom stereocenters. The first-order chi connectivity index (χ1) is 13.2. The van der Waals surface area contributed by atoms with E-state index in [1.54, 1.807) is 11.8 Å². The predicted octanol–water partition coefficient (Wildman–Crippen LogP) is 4.84. The van der Waals surface area contributed by atoms with Crippen LogP contribution in [0.15, 0.2) is 35.2 Å².